The first-order valence-corrected chi connectivity index (χ1v) is 4.35. The van der Waals surface area contributed by atoms with Crippen molar-refractivity contribution in [3.05, 3.63) is 11.6 Å². The zero-order valence-electron chi connectivity index (χ0n) is 8.16. The van der Waals surface area contributed by atoms with Crippen molar-refractivity contribution < 1.29 is 4.84 Å². The van der Waals surface area contributed by atoms with Gasteiger partial charge in [-0.15, -0.1) is 6.42 Å². The van der Waals surface area contributed by atoms with Crippen LogP contribution in [0, 0.1) is 12.3 Å². The van der Waals surface area contributed by atoms with E-state index < -0.39 is 0 Å². The molecule has 0 aromatic carbocycles. The number of rotatable bonds is 3. The third kappa shape index (κ3) is 3.76. The van der Waals surface area contributed by atoms with E-state index in [4.69, 9.17) is 11.3 Å². The molecule has 1 heterocycles. The predicted octanol–water partition coefficient (Wildman–Crippen LogP) is 0.570. The number of allylic oxidation sites excluding steroid dienone is 1. The number of terminal acetylenes is 1. The summed E-state index contributed by atoms with van der Waals surface area (Å²) in [5, 5.41) is 6.86. The third-order valence-electron chi connectivity index (χ3n) is 1.65. The van der Waals surface area contributed by atoms with E-state index in [2.05, 4.69) is 21.4 Å². The molecule has 0 bridgehead atoms. The summed E-state index contributed by atoms with van der Waals surface area (Å²) in [5.41, 5.74) is 1.74. The highest BCUT2D eigenvalue weighted by Gasteiger charge is 2.01. The van der Waals surface area contributed by atoms with Crippen LogP contribution in [0.4, 0.5) is 0 Å². The molecular weight excluding hydrogens is 178 g/mol. The minimum atomic E-state index is 0.406. The van der Waals surface area contributed by atoms with Gasteiger partial charge in [-0.2, -0.15) is 0 Å². The molecule has 74 valence electrons. The molecule has 0 fully saturated rings. The second-order valence-corrected chi connectivity index (χ2v) is 2.84. The van der Waals surface area contributed by atoms with Crippen molar-refractivity contribution in [1.29, 1.82) is 0 Å². The summed E-state index contributed by atoms with van der Waals surface area (Å²) in [5.74, 6) is 2.50. The molecule has 0 aliphatic carbocycles. The number of hydrogen-bond donors (Lipinski definition) is 1. The molecule has 0 unspecified atom stereocenters. The van der Waals surface area contributed by atoms with Crippen molar-refractivity contribution in [2.45, 2.75) is 6.92 Å². The molecule has 0 aromatic rings. The van der Waals surface area contributed by atoms with Crippen LogP contribution in [0.15, 0.2) is 21.8 Å². The lowest BCUT2D eigenvalue weighted by atomic mass is 10.3. The fraction of sp³-hybridized carbons (Fsp3) is 0.400. The lowest BCUT2D eigenvalue weighted by Gasteiger charge is -2.07. The average Bonchev–Trinajstić information content (AvgIpc) is 2.25. The van der Waals surface area contributed by atoms with Crippen LogP contribution in [0.25, 0.3) is 0 Å². The molecule has 1 aliphatic heterocycles. The predicted molar refractivity (Wildman–Crippen MR) is 57.3 cm³/mol. The third-order valence-corrected chi connectivity index (χ3v) is 1.65. The maximum Gasteiger partial charge on any atom is 0.136 e. The van der Waals surface area contributed by atoms with Gasteiger partial charge in [0.15, 0.2) is 0 Å². The Kier molecular flexibility index (Phi) is 4.29. The fourth-order valence-electron chi connectivity index (χ4n) is 0.846. The minimum Gasteiger partial charge on any atom is -0.391 e. The molecule has 1 rings (SSSR count). The topological polar surface area (TPSA) is 46.0 Å². The van der Waals surface area contributed by atoms with Gasteiger partial charge in [-0.1, -0.05) is 11.1 Å². The number of nitrogens with zero attached hydrogens (tertiary/aromatic N) is 2. The monoisotopic (exact) mass is 191 g/mol. The Hall–Kier alpha value is -1.76. The Bertz CT molecular complexity index is 310. The van der Waals surface area contributed by atoms with E-state index >= 15 is 0 Å². The van der Waals surface area contributed by atoms with E-state index in [1.165, 1.54) is 0 Å². The van der Waals surface area contributed by atoms with Gasteiger partial charge in [0, 0.05) is 0 Å². The number of nitrogens with one attached hydrogen (secondary N) is 1. The van der Waals surface area contributed by atoms with Crippen LogP contribution < -0.4 is 5.32 Å². The summed E-state index contributed by atoms with van der Waals surface area (Å²) < 4.78 is 0. The molecule has 0 saturated carbocycles. The van der Waals surface area contributed by atoms with Crippen LogP contribution in [0.3, 0.4) is 0 Å². The van der Waals surface area contributed by atoms with Gasteiger partial charge in [-0.25, -0.2) is 0 Å². The Balaban J connectivity index is 2.27. The van der Waals surface area contributed by atoms with Crippen LogP contribution >= 0.6 is 0 Å². The summed E-state index contributed by atoms with van der Waals surface area (Å²) in [7, 11) is 0. The van der Waals surface area contributed by atoms with Crippen LogP contribution in [0.5, 0.6) is 0 Å². The first-order valence-electron chi connectivity index (χ1n) is 4.35. The smallest absolute Gasteiger partial charge is 0.136 e. The van der Waals surface area contributed by atoms with Gasteiger partial charge >= 0.3 is 0 Å². The van der Waals surface area contributed by atoms with Gasteiger partial charge in [0.25, 0.3) is 0 Å². The molecule has 4 heteroatoms. The quantitative estimate of drug-likeness (QED) is 0.403. The Labute approximate surface area is 83.7 Å². The molecule has 0 atom stereocenters. The first kappa shape index (κ1) is 10.3. The summed E-state index contributed by atoms with van der Waals surface area (Å²) in [6.45, 7) is 3.55. The first-order chi connectivity index (χ1) is 6.83. The van der Waals surface area contributed by atoms with E-state index in [-0.39, 0.29) is 0 Å². The van der Waals surface area contributed by atoms with Gasteiger partial charge in [0.1, 0.15) is 6.61 Å². The van der Waals surface area contributed by atoms with Crippen LogP contribution in [0.1, 0.15) is 6.92 Å². The van der Waals surface area contributed by atoms with Crippen LogP contribution in [0.2, 0.25) is 0 Å². The lowest BCUT2D eigenvalue weighted by Crippen LogP contribution is -2.28. The van der Waals surface area contributed by atoms with Crippen molar-refractivity contribution in [3.8, 4) is 12.3 Å². The van der Waals surface area contributed by atoms with E-state index in [1.807, 2.05) is 13.0 Å². The van der Waals surface area contributed by atoms with Crippen molar-refractivity contribution in [3.63, 3.8) is 0 Å². The van der Waals surface area contributed by atoms with Crippen LogP contribution in [-0.4, -0.2) is 31.7 Å². The molecule has 14 heavy (non-hydrogen) atoms. The Morgan fingerprint density at radius 3 is 3.43 bits per heavy atom. The van der Waals surface area contributed by atoms with Gasteiger partial charge in [-0.05, 0) is 18.6 Å². The average molecular weight is 191 g/mol. The van der Waals surface area contributed by atoms with E-state index in [0.717, 1.165) is 11.3 Å². The summed E-state index contributed by atoms with van der Waals surface area (Å²) in [6.07, 6.45) is 8.64. The second kappa shape index (κ2) is 5.81. The van der Waals surface area contributed by atoms with Gasteiger partial charge in [0.05, 0.1) is 25.1 Å². The van der Waals surface area contributed by atoms with Gasteiger partial charge < -0.3 is 10.2 Å². The summed E-state index contributed by atoms with van der Waals surface area (Å²) in [6, 6.07) is 0. The van der Waals surface area contributed by atoms with Crippen molar-refractivity contribution in [2.75, 3.05) is 19.7 Å². The summed E-state index contributed by atoms with van der Waals surface area (Å²) >= 11 is 0. The van der Waals surface area contributed by atoms with Crippen molar-refractivity contribution >= 4 is 12.1 Å². The minimum absolute atomic E-state index is 0.406. The lowest BCUT2D eigenvalue weighted by molar-refractivity contribution is 0.173. The zero-order valence-corrected chi connectivity index (χ0v) is 8.16. The molecule has 0 radical (unpaired) electrons. The molecule has 0 aromatic heterocycles. The summed E-state index contributed by atoms with van der Waals surface area (Å²) in [4.78, 5) is 9.04. The van der Waals surface area contributed by atoms with Gasteiger partial charge in [0.2, 0.25) is 0 Å². The molecule has 4 nitrogen and oxygen atoms in total. The van der Waals surface area contributed by atoms with E-state index in [9.17, 15) is 0 Å². The fourth-order valence-corrected chi connectivity index (χ4v) is 0.846. The van der Waals surface area contributed by atoms with Crippen molar-refractivity contribution in [1.82, 2.24) is 5.32 Å². The molecule has 0 saturated heterocycles. The largest absolute Gasteiger partial charge is 0.391 e. The SMILES string of the molecule is C#C/C(C)=C/CON=C1CN=CNC1. The molecule has 0 spiro atoms. The van der Waals surface area contributed by atoms with E-state index in [1.54, 1.807) is 6.34 Å². The number of hydrogen-bond acceptors (Lipinski definition) is 4. The standard InChI is InChI=1S/C10H13N3O/c1-3-9(2)4-5-14-13-10-6-11-8-12-7-10/h1,4,8H,5-7H2,2H3,(H,11,12)/b9-4+. The molecule has 0 amide bonds. The molecule has 1 N–H and O–H groups in total. The number of aliphatic imine (C=N–C) groups is 1. The van der Waals surface area contributed by atoms with E-state index in [0.29, 0.717) is 19.7 Å². The second-order valence-electron chi connectivity index (χ2n) is 2.84. The number of oxime groups is 1. The highest BCUT2D eigenvalue weighted by atomic mass is 16.6. The van der Waals surface area contributed by atoms with Gasteiger partial charge in [-0.3, -0.25) is 4.99 Å². The molecule has 1 aliphatic rings. The van der Waals surface area contributed by atoms with Crippen LogP contribution in [-0.2, 0) is 4.84 Å². The maximum absolute atomic E-state index is 5.16. The highest BCUT2D eigenvalue weighted by Crippen LogP contribution is 1.91. The maximum atomic E-state index is 5.16. The Morgan fingerprint density at radius 2 is 2.79 bits per heavy atom. The Morgan fingerprint density at radius 1 is 1.93 bits per heavy atom. The molecular formula is C10H13N3O. The normalized spacial score (nSPS) is 18.9. The van der Waals surface area contributed by atoms with Crippen molar-refractivity contribution in [2.24, 2.45) is 10.1 Å². The zero-order chi connectivity index (χ0) is 10.2. The highest BCUT2D eigenvalue weighted by molar-refractivity contribution is 5.92.